The highest BCUT2D eigenvalue weighted by molar-refractivity contribution is 6.11. The lowest BCUT2D eigenvalue weighted by Gasteiger charge is -2.34. The van der Waals surface area contributed by atoms with E-state index in [0.29, 0.717) is 29.4 Å². The van der Waals surface area contributed by atoms with Gasteiger partial charge < -0.3 is 5.11 Å². The van der Waals surface area contributed by atoms with Gasteiger partial charge in [0.1, 0.15) is 0 Å². The summed E-state index contributed by atoms with van der Waals surface area (Å²) in [7, 11) is 0. The van der Waals surface area contributed by atoms with E-state index in [1.54, 1.807) is 17.0 Å². The summed E-state index contributed by atoms with van der Waals surface area (Å²) in [5.41, 5.74) is 1.90. The van der Waals surface area contributed by atoms with Gasteiger partial charge in [-0.1, -0.05) is 48.9 Å². The van der Waals surface area contributed by atoms with Crippen molar-refractivity contribution in [3.8, 4) is 0 Å². The highest BCUT2D eigenvalue weighted by atomic mass is 16.3. The van der Waals surface area contributed by atoms with Gasteiger partial charge in [-0.05, 0) is 44.2 Å². The lowest BCUT2D eigenvalue weighted by molar-refractivity contribution is -0.136. The Balaban J connectivity index is 1.61. The van der Waals surface area contributed by atoms with Gasteiger partial charge in [-0.3, -0.25) is 19.4 Å². The summed E-state index contributed by atoms with van der Waals surface area (Å²) >= 11 is 0. The zero-order valence-corrected chi connectivity index (χ0v) is 18.0. The molecule has 1 atom stereocenters. The summed E-state index contributed by atoms with van der Waals surface area (Å²) in [6, 6.07) is 12.9. The van der Waals surface area contributed by atoms with Crippen LogP contribution in [0.5, 0.6) is 0 Å². The Labute approximate surface area is 178 Å². The van der Waals surface area contributed by atoms with Crippen LogP contribution in [-0.4, -0.2) is 41.5 Å². The number of piperidine rings is 1. The number of hydrogen-bond acceptors (Lipinski definition) is 4. The molecule has 1 unspecified atom stereocenters. The third-order valence-corrected chi connectivity index (χ3v) is 6.56. The van der Waals surface area contributed by atoms with Crippen molar-refractivity contribution >= 4 is 17.4 Å². The Morgan fingerprint density at radius 3 is 2.53 bits per heavy atom. The summed E-state index contributed by atoms with van der Waals surface area (Å²) in [5.74, 6) is 0.0855. The second-order valence-corrected chi connectivity index (χ2v) is 8.97. The fourth-order valence-corrected chi connectivity index (χ4v) is 4.68. The number of amides is 1. The van der Waals surface area contributed by atoms with Crippen molar-refractivity contribution in [1.29, 1.82) is 0 Å². The molecule has 1 saturated heterocycles. The first kappa shape index (κ1) is 20.8. The summed E-state index contributed by atoms with van der Waals surface area (Å²) in [5, 5.41) is 11.5. The number of Topliss-reactive ketones (excluding diaryl/α,β-unsaturated/α-hetero) is 1. The molecule has 158 valence electrons. The minimum Gasteiger partial charge on any atom is -0.375 e. The topological polar surface area (TPSA) is 60.9 Å². The van der Waals surface area contributed by atoms with Gasteiger partial charge in [0.25, 0.3) is 5.91 Å². The normalized spacial score (nSPS) is 22.4. The molecular weight excluding hydrogens is 376 g/mol. The first-order chi connectivity index (χ1) is 14.3. The van der Waals surface area contributed by atoms with Gasteiger partial charge in [-0.15, -0.1) is 0 Å². The van der Waals surface area contributed by atoms with E-state index < -0.39 is 11.5 Å². The van der Waals surface area contributed by atoms with E-state index in [9.17, 15) is 14.7 Å². The smallest absolute Gasteiger partial charge is 0.265 e. The van der Waals surface area contributed by atoms with Crippen molar-refractivity contribution < 1.29 is 14.7 Å². The van der Waals surface area contributed by atoms with Gasteiger partial charge in [0.15, 0.2) is 11.4 Å². The van der Waals surface area contributed by atoms with Crippen LogP contribution in [0, 0.1) is 19.8 Å². The van der Waals surface area contributed by atoms with Gasteiger partial charge in [-0.2, -0.15) is 0 Å². The van der Waals surface area contributed by atoms with Gasteiger partial charge in [0, 0.05) is 24.2 Å². The molecule has 0 radical (unpaired) electrons. The molecule has 2 aliphatic rings. The van der Waals surface area contributed by atoms with Crippen molar-refractivity contribution in [3.05, 3.63) is 64.7 Å². The quantitative estimate of drug-likeness (QED) is 0.768. The average Bonchev–Trinajstić information content (AvgIpc) is 2.91. The molecule has 0 saturated carbocycles. The van der Waals surface area contributed by atoms with Gasteiger partial charge in [0.2, 0.25) is 0 Å². The number of nitrogens with zero attached hydrogens (tertiary/aromatic N) is 2. The number of hydrogen-bond donors (Lipinski definition) is 1. The standard InChI is InChI=1S/C25H30N2O3/c1-17-10-12-26(13-11-17)16-27-22-7-5-4-6-21(22)25(30,24(27)29)15-23(28)20-9-8-18(2)14-19(20)3/h4-9,14,17,30H,10-13,15-16H2,1-3H3. The largest absolute Gasteiger partial charge is 0.375 e. The minimum absolute atomic E-state index is 0.216. The van der Waals surface area contributed by atoms with Gasteiger partial charge in [0.05, 0.1) is 18.8 Å². The molecule has 0 aromatic heterocycles. The van der Waals surface area contributed by atoms with Crippen LogP contribution in [0.2, 0.25) is 0 Å². The second kappa shape index (κ2) is 7.97. The number of carbonyl (C=O) groups is 2. The summed E-state index contributed by atoms with van der Waals surface area (Å²) in [4.78, 5) is 30.4. The maximum Gasteiger partial charge on any atom is 0.265 e. The van der Waals surface area contributed by atoms with Crippen LogP contribution < -0.4 is 4.90 Å². The maximum absolute atomic E-state index is 13.4. The van der Waals surface area contributed by atoms with E-state index in [0.717, 1.165) is 37.1 Å². The zero-order valence-electron chi connectivity index (χ0n) is 18.0. The molecule has 0 spiro atoms. The molecule has 2 heterocycles. The molecule has 1 fully saturated rings. The van der Waals surface area contributed by atoms with E-state index in [-0.39, 0.29) is 12.2 Å². The molecule has 30 heavy (non-hydrogen) atoms. The Morgan fingerprint density at radius 2 is 1.83 bits per heavy atom. The van der Waals surface area contributed by atoms with Crippen molar-refractivity contribution in [2.75, 3.05) is 24.7 Å². The molecular formula is C25H30N2O3. The van der Waals surface area contributed by atoms with Crippen molar-refractivity contribution in [2.45, 2.75) is 45.6 Å². The Kier molecular flexibility index (Phi) is 5.51. The van der Waals surface area contributed by atoms with E-state index >= 15 is 0 Å². The first-order valence-corrected chi connectivity index (χ1v) is 10.8. The molecule has 0 aliphatic carbocycles. The number of benzene rings is 2. The number of carbonyl (C=O) groups excluding carboxylic acids is 2. The van der Waals surface area contributed by atoms with Crippen LogP contribution in [0.4, 0.5) is 5.69 Å². The van der Waals surface area contributed by atoms with E-state index in [1.165, 1.54) is 0 Å². The summed E-state index contributed by atoms with van der Waals surface area (Å²) in [6.45, 7) is 8.44. The Morgan fingerprint density at radius 1 is 1.13 bits per heavy atom. The minimum atomic E-state index is -1.83. The molecule has 2 aliphatic heterocycles. The number of ketones is 1. The zero-order chi connectivity index (χ0) is 21.5. The van der Waals surface area contributed by atoms with E-state index in [1.807, 2.05) is 44.2 Å². The van der Waals surface area contributed by atoms with Crippen LogP contribution in [0.3, 0.4) is 0 Å². The number of likely N-dealkylation sites (tertiary alicyclic amines) is 1. The lowest BCUT2D eigenvalue weighted by Crippen LogP contribution is -2.48. The van der Waals surface area contributed by atoms with E-state index in [2.05, 4.69) is 11.8 Å². The van der Waals surface area contributed by atoms with E-state index in [4.69, 9.17) is 0 Å². The average molecular weight is 407 g/mol. The second-order valence-electron chi connectivity index (χ2n) is 8.97. The first-order valence-electron chi connectivity index (χ1n) is 10.8. The summed E-state index contributed by atoms with van der Waals surface area (Å²) < 4.78 is 0. The predicted molar refractivity (Wildman–Crippen MR) is 118 cm³/mol. The maximum atomic E-state index is 13.4. The monoisotopic (exact) mass is 406 g/mol. The Hall–Kier alpha value is -2.50. The number of fused-ring (bicyclic) bond motifs is 1. The number of rotatable bonds is 5. The predicted octanol–water partition coefficient (Wildman–Crippen LogP) is 3.80. The number of anilines is 1. The third kappa shape index (κ3) is 3.68. The fourth-order valence-electron chi connectivity index (χ4n) is 4.68. The SMILES string of the molecule is Cc1ccc(C(=O)CC2(O)C(=O)N(CN3CCC(C)CC3)c3ccccc32)c(C)c1. The molecule has 2 aromatic rings. The third-order valence-electron chi connectivity index (χ3n) is 6.56. The van der Waals surface area contributed by atoms with Crippen LogP contribution in [-0.2, 0) is 10.4 Å². The number of aryl methyl sites for hydroxylation is 2. The van der Waals surface area contributed by atoms with Crippen LogP contribution >= 0.6 is 0 Å². The number of para-hydroxylation sites is 1. The van der Waals surface area contributed by atoms with Crippen molar-refractivity contribution in [3.63, 3.8) is 0 Å². The van der Waals surface area contributed by atoms with Crippen LogP contribution in [0.15, 0.2) is 42.5 Å². The molecule has 1 amide bonds. The number of aliphatic hydroxyl groups is 1. The molecule has 5 nitrogen and oxygen atoms in total. The van der Waals surface area contributed by atoms with Crippen molar-refractivity contribution in [2.24, 2.45) is 5.92 Å². The highest BCUT2D eigenvalue weighted by Crippen LogP contribution is 2.43. The molecule has 5 heteroatoms. The van der Waals surface area contributed by atoms with Gasteiger partial charge >= 0.3 is 0 Å². The van der Waals surface area contributed by atoms with Crippen LogP contribution in [0.25, 0.3) is 0 Å². The lowest BCUT2D eigenvalue weighted by atomic mass is 9.87. The fraction of sp³-hybridized carbons (Fsp3) is 0.440. The van der Waals surface area contributed by atoms with Crippen LogP contribution in [0.1, 0.15) is 53.2 Å². The molecule has 2 aromatic carbocycles. The van der Waals surface area contributed by atoms with Crippen molar-refractivity contribution in [1.82, 2.24) is 4.90 Å². The Bertz CT molecular complexity index is 978. The molecule has 4 rings (SSSR count). The van der Waals surface area contributed by atoms with Gasteiger partial charge in [-0.25, -0.2) is 0 Å². The summed E-state index contributed by atoms with van der Waals surface area (Å²) in [6.07, 6.45) is 1.97. The molecule has 0 bridgehead atoms. The molecule has 1 N–H and O–H groups in total. The highest BCUT2D eigenvalue weighted by Gasteiger charge is 2.51.